The first-order chi connectivity index (χ1) is 17.9. The Balaban J connectivity index is 4.79. The smallest absolute Gasteiger partial charge is 0.100 e. The topological polar surface area (TPSA) is 57.2 Å². The average molecular weight is 546 g/mol. The van der Waals surface area contributed by atoms with Crippen LogP contribution in [-0.4, -0.2) is 49.4 Å². The molecular formula is C32H67NO3S. The molecule has 0 spiro atoms. The summed E-state index contributed by atoms with van der Waals surface area (Å²) >= 11 is 0. The summed E-state index contributed by atoms with van der Waals surface area (Å²) in [5.41, 5.74) is 0. The van der Waals surface area contributed by atoms with E-state index in [9.17, 15) is 13.0 Å². The second kappa shape index (κ2) is 26.1. The van der Waals surface area contributed by atoms with E-state index in [1.54, 1.807) is 0 Å². The van der Waals surface area contributed by atoms with Gasteiger partial charge in [0.1, 0.15) is 10.1 Å². The Morgan fingerprint density at radius 3 is 0.892 bits per heavy atom. The summed E-state index contributed by atoms with van der Waals surface area (Å²) in [6, 6.07) is 0. The molecule has 0 aromatic heterocycles. The fourth-order valence-corrected chi connectivity index (χ4v) is 6.33. The second-order valence-corrected chi connectivity index (χ2v) is 13.4. The Morgan fingerprint density at radius 2 is 0.649 bits per heavy atom. The van der Waals surface area contributed by atoms with Crippen LogP contribution in [0.3, 0.4) is 0 Å². The molecular weight excluding hydrogens is 478 g/mol. The molecule has 0 N–H and O–H groups in total. The minimum absolute atomic E-state index is 0.196. The summed E-state index contributed by atoms with van der Waals surface area (Å²) in [5, 5.41) is 0. The molecule has 0 aliphatic heterocycles. The van der Waals surface area contributed by atoms with Crippen molar-refractivity contribution >= 4 is 10.1 Å². The minimum Gasteiger partial charge on any atom is -0.748 e. The molecule has 0 aliphatic rings. The van der Waals surface area contributed by atoms with Crippen molar-refractivity contribution in [1.82, 2.24) is 0 Å². The first kappa shape index (κ1) is 36.9. The molecule has 5 heteroatoms. The lowest BCUT2D eigenvalue weighted by molar-refractivity contribution is -0.926. The average Bonchev–Trinajstić information content (AvgIpc) is 2.87. The van der Waals surface area contributed by atoms with Gasteiger partial charge in [-0.2, -0.15) is 0 Å². The summed E-state index contributed by atoms with van der Waals surface area (Å²) in [7, 11) is -4.17. The van der Waals surface area contributed by atoms with Gasteiger partial charge in [-0.05, 0) is 38.5 Å². The van der Waals surface area contributed by atoms with Crippen molar-refractivity contribution in [3.05, 3.63) is 0 Å². The molecule has 0 aliphatic carbocycles. The van der Waals surface area contributed by atoms with Gasteiger partial charge in [-0.25, -0.2) is 8.42 Å². The Kier molecular flexibility index (Phi) is 26.0. The van der Waals surface area contributed by atoms with Gasteiger partial charge in [-0.15, -0.1) is 0 Å². The third-order valence-electron chi connectivity index (χ3n) is 8.27. The van der Waals surface area contributed by atoms with Gasteiger partial charge in [0.25, 0.3) is 0 Å². The van der Waals surface area contributed by atoms with Crippen LogP contribution in [0, 0.1) is 0 Å². The van der Waals surface area contributed by atoms with Crippen LogP contribution < -0.4 is 0 Å². The largest absolute Gasteiger partial charge is 0.748 e. The summed E-state index contributed by atoms with van der Waals surface area (Å²) in [6.07, 6.45) is 31.1. The highest BCUT2D eigenvalue weighted by atomic mass is 32.2. The summed E-state index contributed by atoms with van der Waals surface area (Å²) in [6.45, 7) is 10.5. The van der Waals surface area contributed by atoms with Crippen LogP contribution in [-0.2, 0) is 10.1 Å². The number of quaternary nitrogens is 1. The van der Waals surface area contributed by atoms with E-state index in [0.29, 0.717) is 6.54 Å². The maximum absolute atomic E-state index is 11.6. The lowest BCUT2D eigenvalue weighted by Gasteiger charge is -2.40. The van der Waals surface area contributed by atoms with Gasteiger partial charge >= 0.3 is 0 Å². The highest BCUT2D eigenvalue weighted by Gasteiger charge is 2.27. The molecule has 0 bridgehead atoms. The van der Waals surface area contributed by atoms with E-state index in [2.05, 4.69) is 20.8 Å². The Labute approximate surface area is 234 Å². The van der Waals surface area contributed by atoms with Crippen molar-refractivity contribution in [3.8, 4) is 0 Å². The molecule has 0 unspecified atom stereocenters. The van der Waals surface area contributed by atoms with Crippen LogP contribution in [0.4, 0.5) is 0 Å². The van der Waals surface area contributed by atoms with Crippen LogP contribution in [0.25, 0.3) is 0 Å². The zero-order chi connectivity index (χ0) is 27.5. The van der Waals surface area contributed by atoms with Gasteiger partial charge in [-0.1, -0.05) is 136 Å². The monoisotopic (exact) mass is 545 g/mol. The van der Waals surface area contributed by atoms with Crippen molar-refractivity contribution in [2.24, 2.45) is 0 Å². The zero-order valence-electron chi connectivity index (χ0n) is 25.6. The molecule has 0 amide bonds. The van der Waals surface area contributed by atoms with E-state index >= 15 is 0 Å². The number of hydrogen-bond donors (Lipinski definition) is 0. The SMILES string of the molecule is CCCCCCCCCC[N+](CCCCCCCCCC)(CCCCCCCCCC)CCS(=O)(=O)[O-]. The molecule has 37 heavy (non-hydrogen) atoms. The van der Waals surface area contributed by atoms with E-state index in [-0.39, 0.29) is 5.75 Å². The van der Waals surface area contributed by atoms with E-state index in [1.807, 2.05) is 0 Å². The van der Waals surface area contributed by atoms with E-state index in [1.165, 1.54) is 154 Å². The highest BCUT2D eigenvalue weighted by molar-refractivity contribution is 7.85. The number of hydrogen-bond acceptors (Lipinski definition) is 3. The minimum atomic E-state index is -4.17. The molecule has 0 aromatic rings. The molecule has 0 saturated heterocycles. The van der Waals surface area contributed by atoms with Crippen LogP contribution >= 0.6 is 0 Å². The fourth-order valence-electron chi connectivity index (χ4n) is 5.72. The fraction of sp³-hybridized carbons (Fsp3) is 1.00. The van der Waals surface area contributed by atoms with Gasteiger partial charge in [0.15, 0.2) is 0 Å². The maximum atomic E-state index is 11.6. The Bertz CT molecular complexity index is 514. The molecule has 0 aromatic carbocycles. The second-order valence-electron chi connectivity index (χ2n) is 11.9. The number of rotatable bonds is 30. The quantitative estimate of drug-likeness (QED) is 0.0512. The van der Waals surface area contributed by atoms with Crippen LogP contribution in [0.1, 0.15) is 175 Å². The summed E-state index contributed by atoms with van der Waals surface area (Å²) in [5.74, 6) is -0.196. The van der Waals surface area contributed by atoms with Gasteiger partial charge in [-0.3, -0.25) is 0 Å². The standard InChI is InChI=1S/C32H67NO3S/c1-4-7-10-13-16-19-22-25-28-33(31-32-37(34,35)36,29-26-23-20-17-14-11-8-5-2)30-27-24-21-18-15-12-9-6-3/h4-32H2,1-3H3. The van der Waals surface area contributed by atoms with Crippen LogP contribution in [0.15, 0.2) is 0 Å². The predicted octanol–water partition coefficient (Wildman–Crippen LogP) is 9.77. The zero-order valence-corrected chi connectivity index (χ0v) is 26.4. The molecule has 0 fully saturated rings. The number of unbranched alkanes of at least 4 members (excludes halogenated alkanes) is 21. The lowest BCUT2D eigenvalue weighted by atomic mass is 10.0. The highest BCUT2D eigenvalue weighted by Crippen LogP contribution is 2.19. The molecule has 0 atom stereocenters. The van der Waals surface area contributed by atoms with Crippen molar-refractivity contribution in [3.63, 3.8) is 0 Å². The maximum Gasteiger partial charge on any atom is 0.100 e. The first-order valence-corrected chi connectivity index (χ1v) is 18.3. The van der Waals surface area contributed by atoms with E-state index in [0.717, 1.165) is 24.1 Å². The first-order valence-electron chi connectivity index (χ1n) is 16.7. The molecule has 0 heterocycles. The van der Waals surface area contributed by atoms with Crippen LogP contribution in [0.2, 0.25) is 0 Å². The number of nitrogens with zero attached hydrogens (tertiary/aromatic N) is 1. The molecule has 224 valence electrons. The third kappa shape index (κ3) is 25.9. The van der Waals surface area contributed by atoms with Gasteiger partial charge in [0.05, 0.1) is 31.9 Å². The van der Waals surface area contributed by atoms with Crippen molar-refractivity contribution < 1.29 is 17.5 Å². The third-order valence-corrected chi connectivity index (χ3v) is 8.96. The Hall–Kier alpha value is -0.130. The summed E-state index contributed by atoms with van der Waals surface area (Å²) in [4.78, 5) is 0. The lowest BCUT2D eigenvalue weighted by Crippen LogP contribution is -2.52. The van der Waals surface area contributed by atoms with Crippen molar-refractivity contribution in [1.29, 1.82) is 0 Å². The molecule has 0 radical (unpaired) electrons. The van der Waals surface area contributed by atoms with Gasteiger partial charge in [0.2, 0.25) is 0 Å². The predicted molar refractivity (Wildman–Crippen MR) is 162 cm³/mol. The van der Waals surface area contributed by atoms with E-state index in [4.69, 9.17) is 0 Å². The summed E-state index contributed by atoms with van der Waals surface area (Å²) < 4.78 is 35.7. The molecule has 0 rings (SSSR count). The van der Waals surface area contributed by atoms with E-state index < -0.39 is 10.1 Å². The van der Waals surface area contributed by atoms with Crippen molar-refractivity contribution in [2.45, 2.75) is 175 Å². The molecule has 0 saturated carbocycles. The van der Waals surface area contributed by atoms with Gasteiger partial charge in [0, 0.05) is 0 Å². The van der Waals surface area contributed by atoms with Gasteiger partial charge < -0.3 is 9.04 Å². The normalized spacial score (nSPS) is 12.4. The molecule has 4 nitrogen and oxygen atoms in total. The van der Waals surface area contributed by atoms with Crippen LogP contribution in [0.5, 0.6) is 0 Å². The van der Waals surface area contributed by atoms with Crippen molar-refractivity contribution in [2.75, 3.05) is 31.9 Å². The Morgan fingerprint density at radius 1 is 0.405 bits per heavy atom.